The van der Waals surface area contributed by atoms with Crippen LogP contribution in [0.4, 0.5) is 4.39 Å². The first-order valence-electron chi connectivity index (χ1n) is 11.5. The lowest BCUT2D eigenvalue weighted by Gasteiger charge is -2.29. The average Bonchev–Trinajstić information content (AvgIpc) is 3.45. The molecule has 0 radical (unpaired) electrons. The Balaban J connectivity index is 1.32. The van der Waals surface area contributed by atoms with Gasteiger partial charge >= 0.3 is 0 Å². The first-order chi connectivity index (χ1) is 16.8. The molecule has 2 aromatic rings. The molecule has 3 aliphatic rings. The zero-order valence-corrected chi connectivity index (χ0v) is 18.8. The highest BCUT2D eigenvalue weighted by atomic mass is 19.1. The van der Waals surface area contributed by atoms with Gasteiger partial charge < -0.3 is 25.5 Å². The average molecular weight is 480 g/mol. The van der Waals surface area contributed by atoms with E-state index in [9.17, 15) is 28.7 Å². The van der Waals surface area contributed by atoms with E-state index in [1.54, 1.807) is 30.3 Å². The molecule has 3 heterocycles. The smallest absolute Gasteiger partial charge is 0.254 e. The van der Waals surface area contributed by atoms with Gasteiger partial charge in [0.1, 0.15) is 17.9 Å². The summed E-state index contributed by atoms with van der Waals surface area (Å²) in [5.41, 5.74) is 0.568. The molecule has 9 nitrogen and oxygen atoms in total. The number of benzene rings is 2. The zero-order valence-electron chi connectivity index (χ0n) is 18.8. The van der Waals surface area contributed by atoms with Crippen molar-refractivity contribution in [1.82, 2.24) is 20.4 Å². The summed E-state index contributed by atoms with van der Waals surface area (Å²) in [5, 5.41) is 16.0. The minimum absolute atomic E-state index is 0.0788. The molecule has 182 valence electrons. The minimum atomic E-state index is -1.38. The summed E-state index contributed by atoms with van der Waals surface area (Å²) in [4.78, 5) is 55.0. The summed E-state index contributed by atoms with van der Waals surface area (Å²) in [7, 11) is 0. The van der Waals surface area contributed by atoms with Crippen molar-refractivity contribution in [2.24, 2.45) is 0 Å². The third kappa shape index (κ3) is 4.25. The van der Waals surface area contributed by atoms with Gasteiger partial charge in [0, 0.05) is 24.7 Å². The van der Waals surface area contributed by atoms with E-state index in [0.29, 0.717) is 12.0 Å². The lowest BCUT2D eigenvalue weighted by molar-refractivity contribution is -0.138. The van der Waals surface area contributed by atoms with Crippen molar-refractivity contribution >= 4 is 23.6 Å². The van der Waals surface area contributed by atoms with Crippen LogP contribution < -0.4 is 10.6 Å². The second-order valence-electron chi connectivity index (χ2n) is 9.12. The van der Waals surface area contributed by atoms with Gasteiger partial charge in [-0.25, -0.2) is 4.39 Å². The number of fused-ring (bicyclic) bond motifs is 2. The standard InChI is InChI=1S/C25H25FN4O5/c26-16-8-4-7-15(11-16)24(34)29-10-9-18-20(29)25(35)30-13-17(12-19(30)22(32)28-18)27-23(33)21(31)14-5-2-1-3-6-14/h1-8,11,17-21,31H,9-10,12-13H2,(H,27,33)(H,28,32)/t17-,18-,19+,20-,21-/m0/s1. The van der Waals surface area contributed by atoms with Crippen LogP contribution in [0.1, 0.15) is 34.9 Å². The summed E-state index contributed by atoms with van der Waals surface area (Å²) in [5.74, 6) is -2.38. The number of amides is 4. The van der Waals surface area contributed by atoms with Crippen LogP contribution in [0.2, 0.25) is 0 Å². The first kappa shape index (κ1) is 23.0. The number of rotatable bonds is 4. The Morgan fingerprint density at radius 1 is 1.11 bits per heavy atom. The summed E-state index contributed by atoms with van der Waals surface area (Å²) < 4.78 is 13.7. The van der Waals surface area contributed by atoms with Crippen molar-refractivity contribution in [1.29, 1.82) is 0 Å². The number of carbonyl (C=O) groups excluding carboxylic acids is 4. The third-order valence-electron chi connectivity index (χ3n) is 6.91. The van der Waals surface area contributed by atoms with E-state index in [0.717, 1.165) is 6.07 Å². The van der Waals surface area contributed by atoms with Gasteiger partial charge in [0.25, 0.3) is 11.8 Å². The Bertz CT molecular complexity index is 1180. The van der Waals surface area contributed by atoms with Gasteiger partial charge in [-0.15, -0.1) is 0 Å². The number of hydrogen-bond donors (Lipinski definition) is 3. The maximum atomic E-state index is 13.7. The molecule has 3 saturated heterocycles. The Hall–Kier alpha value is -3.79. The maximum absolute atomic E-state index is 13.7. The fraction of sp³-hybridized carbons (Fsp3) is 0.360. The van der Waals surface area contributed by atoms with Crippen LogP contribution >= 0.6 is 0 Å². The summed E-state index contributed by atoms with van der Waals surface area (Å²) in [6.45, 7) is 0.327. The van der Waals surface area contributed by atoms with E-state index in [1.165, 1.54) is 28.0 Å². The van der Waals surface area contributed by atoms with Crippen molar-refractivity contribution in [2.75, 3.05) is 13.1 Å². The molecule has 0 bridgehead atoms. The molecular weight excluding hydrogens is 455 g/mol. The van der Waals surface area contributed by atoms with Crippen molar-refractivity contribution in [3.8, 4) is 0 Å². The molecule has 4 amide bonds. The Kier molecular flexibility index (Phi) is 5.98. The fourth-order valence-corrected chi connectivity index (χ4v) is 5.21. The molecule has 35 heavy (non-hydrogen) atoms. The molecule has 0 aliphatic carbocycles. The van der Waals surface area contributed by atoms with E-state index in [1.807, 2.05) is 0 Å². The molecule has 3 N–H and O–H groups in total. The lowest BCUT2D eigenvalue weighted by atomic mass is 10.1. The van der Waals surface area contributed by atoms with Crippen LogP contribution in [0.15, 0.2) is 54.6 Å². The van der Waals surface area contributed by atoms with E-state index in [-0.39, 0.29) is 36.9 Å². The molecule has 3 fully saturated rings. The zero-order chi connectivity index (χ0) is 24.7. The Labute approximate surface area is 200 Å². The number of aliphatic hydroxyl groups excluding tert-OH is 1. The highest BCUT2D eigenvalue weighted by molar-refractivity contribution is 6.01. The second kappa shape index (κ2) is 9.10. The monoisotopic (exact) mass is 480 g/mol. The van der Waals surface area contributed by atoms with Gasteiger partial charge in [0.2, 0.25) is 11.8 Å². The summed E-state index contributed by atoms with van der Waals surface area (Å²) in [6, 6.07) is 11.0. The van der Waals surface area contributed by atoms with Gasteiger partial charge in [-0.1, -0.05) is 36.4 Å². The minimum Gasteiger partial charge on any atom is -0.378 e. The van der Waals surface area contributed by atoms with Crippen molar-refractivity contribution in [3.63, 3.8) is 0 Å². The van der Waals surface area contributed by atoms with Gasteiger partial charge in [0.15, 0.2) is 6.10 Å². The summed E-state index contributed by atoms with van der Waals surface area (Å²) >= 11 is 0. The molecule has 2 aromatic carbocycles. The number of likely N-dealkylation sites (tertiary alicyclic amines) is 1. The molecule has 0 spiro atoms. The molecule has 0 aromatic heterocycles. The van der Waals surface area contributed by atoms with Crippen LogP contribution in [0.3, 0.4) is 0 Å². The normalized spacial score (nSPS) is 26.5. The van der Waals surface area contributed by atoms with Crippen LogP contribution in [0, 0.1) is 5.82 Å². The molecule has 3 aliphatic heterocycles. The van der Waals surface area contributed by atoms with Crippen molar-refractivity contribution < 1.29 is 28.7 Å². The fourth-order valence-electron chi connectivity index (χ4n) is 5.21. The molecule has 0 unspecified atom stereocenters. The van der Waals surface area contributed by atoms with E-state index in [2.05, 4.69) is 10.6 Å². The first-order valence-corrected chi connectivity index (χ1v) is 11.5. The number of carbonyl (C=O) groups is 4. The molecule has 5 atom stereocenters. The van der Waals surface area contributed by atoms with Crippen LogP contribution in [0.25, 0.3) is 0 Å². The number of hydrogen-bond acceptors (Lipinski definition) is 5. The lowest BCUT2D eigenvalue weighted by Crippen LogP contribution is -2.52. The molecule has 0 saturated carbocycles. The van der Waals surface area contributed by atoms with E-state index < -0.39 is 47.9 Å². The van der Waals surface area contributed by atoms with Crippen LogP contribution in [-0.2, 0) is 14.4 Å². The predicted octanol–water partition coefficient (Wildman–Crippen LogP) is 0.358. The van der Waals surface area contributed by atoms with Crippen molar-refractivity contribution in [3.05, 3.63) is 71.5 Å². The highest BCUT2D eigenvalue weighted by Crippen LogP contribution is 2.30. The van der Waals surface area contributed by atoms with Gasteiger partial charge in [0.05, 0.1) is 6.04 Å². The largest absolute Gasteiger partial charge is 0.378 e. The number of halogens is 1. The van der Waals surface area contributed by atoms with E-state index in [4.69, 9.17) is 0 Å². The summed E-state index contributed by atoms with van der Waals surface area (Å²) in [6.07, 6.45) is -0.769. The Morgan fingerprint density at radius 2 is 1.89 bits per heavy atom. The van der Waals surface area contributed by atoms with Crippen LogP contribution in [-0.4, -0.2) is 75.8 Å². The predicted molar refractivity (Wildman–Crippen MR) is 121 cm³/mol. The van der Waals surface area contributed by atoms with Gasteiger partial charge in [-0.2, -0.15) is 0 Å². The number of aliphatic hydroxyl groups is 1. The second-order valence-corrected chi connectivity index (χ2v) is 9.12. The van der Waals surface area contributed by atoms with Crippen LogP contribution in [0.5, 0.6) is 0 Å². The Morgan fingerprint density at radius 3 is 2.63 bits per heavy atom. The number of nitrogens with one attached hydrogen (secondary N) is 2. The van der Waals surface area contributed by atoms with E-state index >= 15 is 0 Å². The van der Waals surface area contributed by atoms with Crippen molar-refractivity contribution in [2.45, 2.75) is 43.1 Å². The molecule has 10 heteroatoms. The van der Waals surface area contributed by atoms with Gasteiger partial charge in [-0.3, -0.25) is 19.2 Å². The molecular formula is C25H25FN4O5. The number of nitrogens with zero attached hydrogens (tertiary/aromatic N) is 2. The highest BCUT2D eigenvalue weighted by Gasteiger charge is 2.52. The SMILES string of the molecule is O=C(N[C@H]1C[C@@H]2C(=O)N[C@H]3CCN(C(=O)c4cccc(F)c4)[C@@H]3C(=O)N2C1)[C@@H](O)c1ccccc1. The topological polar surface area (TPSA) is 119 Å². The molecule has 5 rings (SSSR count). The van der Waals surface area contributed by atoms with Gasteiger partial charge in [-0.05, 0) is 36.6 Å². The maximum Gasteiger partial charge on any atom is 0.254 e. The quantitative estimate of drug-likeness (QED) is 0.584. The third-order valence-corrected chi connectivity index (χ3v) is 6.91.